The van der Waals surface area contributed by atoms with Gasteiger partial charge in [-0.05, 0) is 18.9 Å². The minimum atomic E-state index is -0.559. The Kier molecular flexibility index (Phi) is 3.09. The highest BCUT2D eigenvalue weighted by Gasteiger charge is 2.44. The zero-order valence-electron chi connectivity index (χ0n) is 13.5. The van der Waals surface area contributed by atoms with E-state index < -0.39 is 11.9 Å². The maximum Gasteiger partial charge on any atom is 0.355 e. The lowest BCUT2D eigenvalue weighted by molar-refractivity contribution is 0.0506. The molecule has 0 N–H and O–H groups in total. The van der Waals surface area contributed by atoms with Crippen molar-refractivity contribution in [1.29, 1.82) is 0 Å². The van der Waals surface area contributed by atoms with Crippen LogP contribution < -0.4 is 0 Å². The van der Waals surface area contributed by atoms with Crippen LogP contribution in [0.2, 0.25) is 0 Å². The molecule has 0 unspecified atom stereocenters. The molecule has 0 saturated heterocycles. The van der Waals surface area contributed by atoms with E-state index in [0.29, 0.717) is 17.8 Å². The Hall–Kier alpha value is -2.89. The normalized spacial score (nSPS) is 15.2. The van der Waals surface area contributed by atoms with Crippen molar-refractivity contribution in [2.24, 2.45) is 0 Å². The number of ether oxygens (including phenoxy) is 1. The Labute approximate surface area is 138 Å². The SMILES string of the molecule is CCOC(=O)c1c2c(c3n1CCc1ccccc1-3)C(=O)N(C)C2=O. The molecule has 0 atom stereocenters. The third kappa shape index (κ3) is 1.73. The molecule has 2 amide bonds. The maximum absolute atomic E-state index is 12.6. The molecule has 4 rings (SSSR count). The van der Waals surface area contributed by atoms with Crippen LogP contribution in [0.1, 0.15) is 43.7 Å². The molecule has 1 aromatic heterocycles. The molecule has 0 fully saturated rings. The summed E-state index contributed by atoms with van der Waals surface area (Å²) >= 11 is 0. The first-order valence-electron chi connectivity index (χ1n) is 7.90. The number of hydrogen-bond donors (Lipinski definition) is 0. The van der Waals surface area contributed by atoms with Gasteiger partial charge in [0.15, 0.2) is 0 Å². The monoisotopic (exact) mass is 324 g/mol. The van der Waals surface area contributed by atoms with Crippen LogP contribution in [-0.2, 0) is 17.7 Å². The van der Waals surface area contributed by atoms with Crippen LogP contribution in [0.15, 0.2) is 24.3 Å². The molecule has 0 aliphatic carbocycles. The Morgan fingerprint density at radius 1 is 1.17 bits per heavy atom. The Bertz CT molecular complexity index is 910. The zero-order valence-corrected chi connectivity index (χ0v) is 13.5. The minimum absolute atomic E-state index is 0.174. The second-order valence-electron chi connectivity index (χ2n) is 5.90. The molecule has 6 nitrogen and oxygen atoms in total. The molecule has 2 aromatic rings. The van der Waals surface area contributed by atoms with Gasteiger partial charge in [0, 0.05) is 19.2 Å². The quantitative estimate of drug-likeness (QED) is 0.627. The van der Waals surface area contributed by atoms with Gasteiger partial charge in [0.2, 0.25) is 0 Å². The summed E-state index contributed by atoms with van der Waals surface area (Å²) in [7, 11) is 1.44. The summed E-state index contributed by atoms with van der Waals surface area (Å²) in [6.45, 7) is 2.47. The van der Waals surface area contributed by atoms with Crippen molar-refractivity contribution < 1.29 is 19.1 Å². The first-order valence-corrected chi connectivity index (χ1v) is 7.90. The van der Waals surface area contributed by atoms with Gasteiger partial charge in [-0.2, -0.15) is 0 Å². The van der Waals surface area contributed by atoms with Crippen LogP contribution in [0, 0.1) is 0 Å². The van der Waals surface area contributed by atoms with Crippen molar-refractivity contribution in [2.45, 2.75) is 19.9 Å². The topological polar surface area (TPSA) is 68.6 Å². The molecule has 122 valence electrons. The molecular weight excluding hydrogens is 308 g/mol. The highest BCUT2D eigenvalue weighted by atomic mass is 16.5. The first-order chi connectivity index (χ1) is 11.6. The predicted octanol–water partition coefficient (Wildman–Crippen LogP) is 2.11. The first kappa shape index (κ1) is 14.7. The van der Waals surface area contributed by atoms with E-state index >= 15 is 0 Å². The summed E-state index contributed by atoms with van der Waals surface area (Å²) in [5, 5.41) is 0. The van der Waals surface area contributed by atoms with E-state index in [-0.39, 0.29) is 23.8 Å². The highest BCUT2D eigenvalue weighted by Crippen LogP contribution is 2.41. The molecule has 2 aliphatic rings. The van der Waals surface area contributed by atoms with Gasteiger partial charge < -0.3 is 9.30 Å². The number of carbonyl (C=O) groups is 3. The van der Waals surface area contributed by atoms with Gasteiger partial charge in [-0.15, -0.1) is 0 Å². The molecule has 0 spiro atoms. The van der Waals surface area contributed by atoms with Gasteiger partial charge in [-0.3, -0.25) is 14.5 Å². The van der Waals surface area contributed by atoms with Crippen LogP contribution in [0.3, 0.4) is 0 Å². The highest BCUT2D eigenvalue weighted by molar-refractivity contribution is 6.27. The van der Waals surface area contributed by atoms with Crippen molar-refractivity contribution in [3.8, 4) is 11.3 Å². The van der Waals surface area contributed by atoms with E-state index in [2.05, 4.69) is 0 Å². The number of benzene rings is 1. The van der Waals surface area contributed by atoms with Gasteiger partial charge in [0.25, 0.3) is 11.8 Å². The summed E-state index contributed by atoms with van der Waals surface area (Å²) < 4.78 is 6.91. The Morgan fingerprint density at radius 3 is 2.62 bits per heavy atom. The predicted molar refractivity (Wildman–Crippen MR) is 86.0 cm³/mol. The molecule has 3 heterocycles. The van der Waals surface area contributed by atoms with Crippen LogP contribution in [0.5, 0.6) is 0 Å². The van der Waals surface area contributed by atoms with Gasteiger partial charge in [0.05, 0.1) is 23.4 Å². The number of carbonyl (C=O) groups excluding carboxylic acids is 3. The second-order valence-corrected chi connectivity index (χ2v) is 5.90. The number of rotatable bonds is 2. The number of amides is 2. The zero-order chi connectivity index (χ0) is 17.0. The van der Waals surface area contributed by atoms with Crippen molar-refractivity contribution in [3.05, 3.63) is 46.6 Å². The number of imide groups is 1. The van der Waals surface area contributed by atoms with Gasteiger partial charge in [-0.25, -0.2) is 4.79 Å². The number of aryl methyl sites for hydroxylation is 1. The van der Waals surface area contributed by atoms with Crippen molar-refractivity contribution in [3.63, 3.8) is 0 Å². The lowest BCUT2D eigenvalue weighted by atomic mass is 9.96. The van der Waals surface area contributed by atoms with Crippen LogP contribution in [-0.4, -0.2) is 40.9 Å². The smallest absolute Gasteiger partial charge is 0.355 e. The van der Waals surface area contributed by atoms with Crippen molar-refractivity contribution >= 4 is 17.8 Å². The lowest BCUT2D eigenvalue weighted by Gasteiger charge is -2.22. The van der Waals surface area contributed by atoms with Crippen LogP contribution in [0.25, 0.3) is 11.3 Å². The van der Waals surface area contributed by atoms with Crippen LogP contribution in [0.4, 0.5) is 0 Å². The number of hydrogen-bond acceptors (Lipinski definition) is 4. The fraction of sp³-hybridized carbons (Fsp3) is 0.278. The standard InChI is InChI=1S/C18H16N2O4/c1-3-24-18(23)15-13-12(16(21)19(2)17(13)22)14-11-7-5-4-6-10(11)8-9-20(14)15/h4-7H,3,8-9H2,1-2H3. The molecule has 0 bridgehead atoms. The summed E-state index contributed by atoms with van der Waals surface area (Å²) in [5.41, 5.74) is 3.34. The molecule has 6 heteroatoms. The van der Waals surface area contributed by atoms with Gasteiger partial charge in [0.1, 0.15) is 5.69 Å². The molecule has 0 radical (unpaired) electrons. The summed E-state index contributed by atoms with van der Waals surface area (Å²) in [4.78, 5) is 38.7. The second kappa shape index (κ2) is 5.06. The fourth-order valence-electron chi connectivity index (χ4n) is 3.58. The van der Waals surface area contributed by atoms with Crippen LogP contribution >= 0.6 is 0 Å². The summed E-state index contributed by atoms with van der Waals surface area (Å²) in [5.74, 6) is -1.38. The van der Waals surface area contributed by atoms with E-state index in [4.69, 9.17) is 4.74 Å². The van der Waals surface area contributed by atoms with E-state index in [0.717, 1.165) is 22.4 Å². The largest absolute Gasteiger partial charge is 0.461 e. The average Bonchev–Trinajstić information content (AvgIpc) is 3.04. The summed E-state index contributed by atoms with van der Waals surface area (Å²) in [6.07, 6.45) is 0.737. The molecule has 0 saturated carbocycles. The molecular formula is C18H16N2O4. The molecule has 2 aliphatic heterocycles. The van der Waals surface area contributed by atoms with E-state index in [1.54, 1.807) is 11.5 Å². The number of aromatic nitrogens is 1. The van der Waals surface area contributed by atoms with Gasteiger partial charge >= 0.3 is 5.97 Å². The minimum Gasteiger partial charge on any atom is -0.461 e. The van der Waals surface area contributed by atoms with Gasteiger partial charge in [-0.1, -0.05) is 24.3 Å². The summed E-state index contributed by atoms with van der Waals surface area (Å²) in [6, 6.07) is 7.77. The fourth-order valence-corrected chi connectivity index (χ4v) is 3.58. The van der Waals surface area contributed by atoms with Crippen molar-refractivity contribution in [2.75, 3.05) is 13.7 Å². The maximum atomic E-state index is 12.6. The third-order valence-corrected chi connectivity index (χ3v) is 4.65. The van der Waals surface area contributed by atoms with Crippen molar-refractivity contribution in [1.82, 2.24) is 9.47 Å². The average molecular weight is 324 g/mol. The van der Waals surface area contributed by atoms with E-state index in [1.165, 1.54) is 7.05 Å². The third-order valence-electron chi connectivity index (χ3n) is 4.65. The van der Waals surface area contributed by atoms with E-state index in [1.807, 2.05) is 24.3 Å². The van der Waals surface area contributed by atoms with E-state index in [9.17, 15) is 14.4 Å². The number of esters is 1. The lowest BCUT2D eigenvalue weighted by Crippen LogP contribution is -2.28. The molecule has 24 heavy (non-hydrogen) atoms. The molecule has 1 aromatic carbocycles. The Balaban J connectivity index is 2.07. The Morgan fingerprint density at radius 2 is 1.88 bits per heavy atom. The number of nitrogens with zero attached hydrogens (tertiary/aromatic N) is 2. The number of fused-ring (bicyclic) bond motifs is 5.